The van der Waals surface area contributed by atoms with Crippen LogP contribution in [0.15, 0.2) is 18.5 Å². The number of hydrogen-bond donors (Lipinski definition) is 2. The van der Waals surface area contributed by atoms with Crippen LogP contribution in [-0.4, -0.2) is 23.0 Å². The van der Waals surface area contributed by atoms with E-state index in [4.69, 9.17) is 5.73 Å². The van der Waals surface area contributed by atoms with Crippen molar-refractivity contribution in [2.75, 3.05) is 0 Å². The average molecular weight is 261 g/mol. The molecule has 1 aliphatic carbocycles. The molecule has 2 rings (SSSR count). The Morgan fingerprint density at radius 1 is 1.26 bits per heavy atom. The maximum absolute atomic E-state index is 12.3. The first-order valence-corrected chi connectivity index (χ1v) is 6.65. The molecule has 0 aliphatic heterocycles. The number of nitrogens with zero attached hydrogens (tertiary/aromatic N) is 1. The van der Waals surface area contributed by atoms with Gasteiger partial charge in [-0.1, -0.05) is 27.7 Å². The molecule has 0 radical (unpaired) electrons. The summed E-state index contributed by atoms with van der Waals surface area (Å²) in [6, 6.07) is 2.00. The van der Waals surface area contributed by atoms with Crippen molar-refractivity contribution in [2.24, 2.45) is 16.6 Å². The van der Waals surface area contributed by atoms with Crippen LogP contribution in [0.5, 0.6) is 0 Å². The molecule has 0 atom stereocenters. The second kappa shape index (κ2) is 4.30. The zero-order valence-corrected chi connectivity index (χ0v) is 12.3. The summed E-state index contributed by atoms with van der Waals surface area (Å²) in [6.45, 7) is 10.3. The van der Waals surface area contributed by atoms with E-state index in [9.17, 15) is 4.79 Å². The molecule has 104 valence electrons. The van der Waals surface area contributed by atoms with Gasteiger partial charge in [0.15, 0.2) is 0 Å². The second-order valence-electron chi connectivity index (χ2n) is 6.78. The average Bonchev–Trinajstić information content (AvgIpc) is 2.34. The lowest BCUT2D eigenvalue weighted by molar-refractivity contribution is -0.0663. The number of pyridine rings is 1. The van der Waals surface area contributed by atoms with Gasteiger partial charge < -0.3 is 11.1 Å². The summed E-state index contributed by atoms with van der Waals surface area (Å²) < 4.78 is 0. The van der Waals surface area contributed by atoms with Gasteiger partial charge in [0.1, 0.15) is 0 Å². The molecule has 1 heterocycles. The number of carbonyl (C=O) groups excluding carboxylic acids is 1. The van der Waals surface area contributed by atoms with Crippen molar-refractivity contribution in [3.8, 4) is 0 Å². The van der Waals surface area contributed by atoms with Crippen molar-refractivity contribution in [3.05, 3.63) is 29.6 Å². The Morgan fingerprint density at radius 3 is 2.37 bits per heavy atom. The second-order valence-corrected chi connectivity index (χ2v) is 6.78. The fourth-order valence-electron chi connectivity index (χ4n) is 3.45. The predicted octanol–water partition coefficient (Wildman–Crippen LogP) is 1.88. The van der Waals surface area contributed by atoms with Gasteiger partial charge >= 0.3 is 0 Å². The molecule has 0 bridgehead atoms. The van der Waals surface area contributed by atoms with Gasteiger partial charge in [-0.3, -0.25) is 9.78 Å². The Labute approximate surface area is 114 Å². The molecule has 4 nitrogen and oxygen atoms in total. The van der Waals surface area contributed by atoms with Gasteiger partial charge in [0.25, 0.3) is 5.91 Å². The summed E-state index contributed by atoms with van der Waals surface area (Å²) in [5, 5.41) is 3.11. The van der Waals surface area contributed by atoms with Crippen LogP contribution in [-0.2, 0) is 0 Å². The third-order valence-corrected chi connectivity index (χ3v) is 4.50. The largest absolute Gasteiger partial charge is 0.348 e. The number of nitrogens with one attached hydrogen (secondary N) is 1. The summed E-state index contributed by atoms with van der Waals surface area (Å²) in [4.78, 5) is 16.3. The van der Waals surface area contributed by atoms with Crippen molar-refractivity contribution >= 4 is 5.91 Å². The van der Waals surface area contributed by atoms with Crippen molar-refractivity contribution in [1.82, 2.24) is 10.3 Å². The Hall–Kier alpha value is -1.42. The molecule has 1 aliphatic rings. The van der Waals surface area contributed by atoms with Crippen molar-refractivity contribution < 1.29 is 4.79 Å². The number of hydrogen-bond acceptors (Lipinski definition) is 3. The van der Waals surface area contributed by atoms with E-state index >= 15 is 0 Å². The molecule has 0 spiro atoms. The first-order valence-electron chi connectivity index (χ1n) is 6.65. The molecule has 0 saturated heterocycles. The zero-order chi connectivity index (χ0) is 14.4. The van der Waals surface area contributed by atoms with Crippen molar-refractivity contribution in [1.29, 1.82) is 0 Å². The number of carbonyl (C=O) groups is 1. The molecule has 4 heteroatoms. The van der Waals surface area contributed by atoms with Crippen LogP contribution in [0.4, 0.5) is 0 Å². The first-order chi connectivity index (χ1) is 8.67. The fraction of sp³-hybridized carbons (Fsp3) is 0.600. The molecule has 19 heavy (non-hydrogen) atoms. The predicted molar refractivity (Wildman–Crippen MR) is 75.8 cm³/mol. The quantitative estimate of drug-likeness (QED) is 0.854. The van der Waals surface area contributed by atoms with Crippen LogP contribution < -0.4 is 11.1 Å². The van der Waals surface area contributed by atoms with Crippen molar-refractivity contribution in [2.45, 2.75) is 46.7 Å². The maximum Gasteiger partial charge on any atom is 0.253 e. The molecule has 1 fully saturated rings. The van der Waals surface area contributed by atoms with E-state index in [-0.39, 0.29) is 28.8 Å². The summed E-state index contributed by atoms with van der Waals surface area (Å²) in [5.74, 6) is -0.0748. The van der Waals surface area contributed by atoms with E-state index in [2.05, 4.69) is 38.0 Å². The standard InChI is InChI=1S/C15H23N3O/c1-9-6-10(8-17-7-9)11(19)18-13-14(2,3)12(16)15(13,4)5/h6-8,12-13H,16H2,1-5H3,(H,18,19). The Kier molecular flexibility index (Phi) is 3.17. The number of aromatic nitrogens is 1. The van der Waals surface area contributed by atoms with Gasteiger partial charge in [0.05, 0.1) is 5.56 Å². The molecular weight excluding hydrogens is 238 g/mol. The van der Waals surface area contributed by atoms with E-state index in [1.165, 1.54) is 0 Å². The molecule has 1 aromatic heterocycles. The van der Waals surface area contributed by atoms with Gasteiger partial charge in [-0.25, -0.2) is 0 Å². The highest BCUT2D eigenvalue weighted by atomic mass is 16.1. The summed E-state index contributed by atoms with van der Waals surface area (Å²) in [6.07, 6.45) is 3.34. The lowest BCUT2D eigenvalue weighted by atomic mass is 9.48. The van der Waals surface area contributed by atoms with E-state index in [1.54, 1.807) is 12.4 Å². The molecular formula is C15H23N3O. The minimum atomic E-state index is -0.0869. The highest BCUT2D eigenvalue weighted by molar-refractivity contribution is 5.94. The van der Waals surface area contributed by atoms with E-state index < -0.39 is 0 Å². The van der Waals surface area contributed by atoms with Gasteiger partial charge in [-0.05, 0) is 18.6 Å². The highest BCUT2D eigenvalue weighted by Gasteiger charge is 2.60. The minimum absolute atomic E-state index is 0.0722. The summed E-state index contributed by atoms with van der Waals surface area (Å²) in [7, 11) is 0. The van der Waals surface area contributed by atoms with Crippen LogP contribution in [0.2, 0.25) is 0 Å². The first kappa shape index (κ1) is 14.0. The fourth-order valence-corrected chi connectivity index (χ4v) is 3.45. The monoisotopic (exact) mass is 261 g/mol. The molecule has 0 aromatic carbocycles. The summed E-state index contributed by atoms with van der Waals surface area (Å²) in [5.41, 5.74) is 7.61. The topological polar surface area (TPSA) is 68.0 Å². The molecule has 1 saturated carbocycles. The van der Waals surface area contributed by atoms with E-state index in [1.807, 2.05) is 13.0 Å². The zero-order valence-electron chi connectivity index (χ0n) is 12.3. The third kappa shape index (κ3) is 2.14. The van der Waals surface area contributed by atoms with Gasteiger partial charge in [-0.15, -0.1) is 0 Å². The molecule has 1 aromatic rings. The van der Waals surface area contributed by atoms with Crippen LogP contribution in [0.1, 0.15) is 43.6 Å². The van der Waals surface area contributed by atoms with Crippen LogP contribution >= 0.6 is 0 Å². The van der Waals surface area contributed by atoms with Crippen LogP contribution in [0.3, 0.4) is 0 Å². The Morgan fingerprint density at radius 2 is 1.84 bits per heavy atom. The Bertz CT molecular complexity index is 492. The minimum Gasteiger partial charge on any atom is -0.348 e. The van der Waals surface area contributed by atoms with Gasteiger partial charge in [0, 0.05) is 35.3 Å². The number of rotatable bonds is 2. The van der Waals surface area contributed by atoms with Gasteiger partial charge in [-0.2, -0.15) is 0 Å². The number of aryl methyl sites for hydroxylation is 1. The summed E-state index contributed by atoms with van der Waals surface area (Å²) >= 11 is 0. The Balaban J connectivity index is 2.16. The van der Waals surface area contributed by atoms with E-state index in [0.717, 1.165) is 5.56 Å². The number of nitrogens with two attached hydrogens (primary N) is 1. The molecule has 3 N–H and O–H groups in total. The van der Waals surface area contributed by atoms with Crippen LogP contribution in [0.25, 0.3) is 0 Å². The smallest absolute Gasteiger partial charge is 0.253 e. The molecule has 0 unspecified atom stereocenters. The highest BCUT2D eigenvalue weighted by Crippen LogP contribution is 2.52. The lowest BCUT2D eigenvalue weighted by Gasteiger charge is -2.62. The SMILES string of the molecule is Cc1cncc(C(=O)NC2C(C)(C)C(N)C2(C)C)c1. The lowest BCUT2D eigenvalue weighted by Crippen LogP contribution is -2.76. The third-order valence-electron chi connectivity index (χ3n) is 4.50. The molecule has 1 amide bonds. The normalized spacial score (nSPS) is 27.5. The van der Waals surface area contributed by atoms with E-state index in [0.29, 0.717) is 5.56 Å². The maximum atomic E-state index is 12.3. The van der Waals surface area contributed by atoms with Gasteiger partial charge in [0.2, 0.25) is 0 Å². The number of amides is 1. The van der Waals surface area contributed by atoms with Crippen molar-refractivity contribution in [3.63, 3.8) is 0 Å². The van der Waals surface area contributed by atoms with Crippen LogP contribution in [0, 0.1) is 17.8 Å².